The highest BCUT2D eigenvalue weighted by atomic mass is 32.1. The smallest absolute Gasteiger partial charge is 0.152 e. The Kier molecular flexibility index (Phi) is 5.60. The second-order valence-corrected chi connectivity index (χ2v) is 7.64. The normalized spacial score (nSPS) is 16.6. The van der Waals surface area contributed by atoms with E-state index in [2.05, 4.69) is 59.2 Å². The predicted molar refractivity (Wildman–Crippen MR) is 95.9 cm³/mol. The van der Waals surface area contributed by atoms with Crippen LogP contribution in [0.5, 0.6) is 0 Å². The van der Waals surface area contributed by atoms with Gasteiger partial charge in [0, 0.05) is 48.9 Å². The molecule has 4 heteroatoms. The van der Waals surface area contributed by atoms with Crippen molar-refractivity contribution in [3.05, 3.63) is 57.8 Å². The van der Waals surface area contributed by atoms with E-state index >= 15 is 0 Å². The molecule has 1 aliphatic heterocycles. The highest BCUT2D eigenvalue weighted by Crippen LogP contribution is 2.16. The highest BCUT2D eigenvalue weighted by molar-refractivity contribution is 7.12. The number of piperazine rings is 1. The van der Waals surface area contributed by atoms with Gasteiger partial charge in [0.05, 0.1) is 6.54 Å². The fourth-order valence-corrected chi connectivity index (χ4v) is 3.95. The Labute approximate surface area is 142 Å². The zero-order valence-electron chi connectivity index (χ0n) is 13.7. The van der Waals surface area contributed by atoms with Gasteiger partial charge < -0.3 is 0 Å². The van der Waals surface area contributed by atoms with Gasteiger partial charge in [-0.3, -0.25) is 14.6 Å². The second-order valence-electron chi connectivity index (χ2n) is 6.27. The predicted octanol–water partition coefficient (Wildman–Crippen LogP) is 2.99. The molecule has 2 aromatic rings. The van der Waals surface area contributed by atoms with Gasteiger partial charge in [0.1, 0.15) is 0 Å². The van der Waals surface area contributed by atoms with E-state index in [1.54, 1.807) is 11.3 Å². The van der Waals surface area contributed by atoms with Crippen molar-refractivity contribution in [2.75, 3.05) is 32.7 Å². The molecule has 1 aromatic carbocycles. The Bertz CT molecular complexity index is 630. The molecule has 23 heavy (non-hydrogen) atoms. The van der Waals surface area contributed by atoms with Crippen molar-refractivity contribution in [3.8, 4) is 0 Å². The van der Waals surface area contributed by atoms with Crippen molar-refractivity contribution in [2.45, 2.75) is 19.9 Å². The van der Waals surface area contributed by atoms with Crippen LogP contribution in [0.3, 0.4) is 0 Å². The summed E-state index contributed by atoms with van der Waals surface area (Å²) in [7, 11) is 0. The van der Waals surface area contributed by atoms with Crippen molar-refractivity contribution in [1.82, 2.24) is 9.80 Å². The number of aryl methyl sites for hydroxylation is 1. The Hall–Kier alpha value is -1.49. The molecule has 0 saturated carbocycles. The molecular formula is C19H24N2OS. The molecule has 1 fully saturated rings. The average Bonchev–Trinajstić information content (AvgIpc) is 2.95. The minimum Gasteiger partial charge on any atom is -0.298 e. The summed E-state index contributed by atoms with van der Waals surface area (Å²) in [5.74, 6) is 0.336. The van der Waals surface area contributed by atoms with E-state index in [-0.39, 0.29) is 0 Å². The first kappa shape index (κ1) is 16.4. The molecule has 3 rings (SSSR count). The van der Waals surface area contributed by atoms with Crippen molar-refractivity contribution in [3.63, 3.8) is 0 Å². The van der Waals surface area contributed by atoms with Crippen molar-refractivity contribution < 1.29 is 4.79 Å². The molecule has 0 spiro atoms. The third-order valence-corrected chi connectivity index (χ3v) is 5.28. The molecular weight excluding hydrogens is 304 g/mol. The van der Waals surface area contributed by atoms with E-state index in [4.69, 9.17) is 0 Å². The van der Waals surface area contributed by atoms with Gasteiger partial charge in [-0.25, -0.2) is 0 Å². The molecule has 0 atom stereocenters. The third-order valence-electron chi connectivity index (χ3n) is 4.28. The lowest BCUT2D eigenvalue weighted by Crippen LogP contribution is -2.47. The van der Waals surface area contributed by atoms with Gasteiger partial charge in [-0.15, -0.1) is 11.3 Å². The molecule has 0 radical (unpaired) electrons. The van der Waals surface area contributed by atoms with Crippen LogP contribution in [0.25, 0.3) is 0 Å². The van der Waals surface area contributed by atoms with Crippen LogP contribution in [0, 0.1) is 6.92 Å². The van der Waals surface area contributed by atoms with E-state index in [1.165, 1.54) is 15.3 Å². The molecule has 3 nitrogen and oxygen atoms in total. The number of rotatable bonds is 6. The number of Topliss-reactive ketones (excluding diaryl/α,β-unsaturated/α-hetero) is 1. The number of nitrogens with zero attached hydrogens (tertiary/aromatic N) is 2. The van der Waals surface area contributed by atoms with Gasteiger partial charge in [-0.05, 0) is 24.6 Å². The molecule has 1 aromatic heterocycles. The SMILES string of the molecule is Cc1ccc(CC(=O)CN2CCN(Cc3ccccc3)CC2)s1. The summed E-state index contributed by atoms with van der Waals surface area (Å²) >= 11 is 1.73. The number of carbonyl (C=O) groups is 1. The Morgan fingerprint density at radius 1 is 1.00 bits per heavy atom. The average molecular weight is 328 g/mol. The van der Waals surface area contributed by atoms with Gasteiger partial charge in [0.2, 0.25) is 0 Å². The Balaban J connectivity index is 1.41. The molecule has 0 N–H and O–H groups in total. The van der Waals surface area contributed by atoms with Crippen LogP contribution in [0.1, 0.15) is 15.3 Å². The number of hydrogen-bond donors (Lipinski definition) is 0. The minimum atomic E-state index is 0.336. The van der Waals surface area contributed by atoms with E-state index in [1.807, 2.05) is 0 Å². The lowest BCUT2D eigenvalue weighted by Gasteiger charge is -2.34. The monoisotopic (exact) mass is 328 g/mol. The summed E-state index contributed by atoms with van der Waals surface area (Å²) in [5, 5.41) is 0. The van der Waals surface area contributed by atoms with Crippen LogP contribution in [0.4, 0.5) is 0 Å². The van der Waals surface area contributed by atoms with E-state index < -0.39 is 0 Å². The number of carbonyl (C=O) groups excluding carboxylic acids is 1. The Morgan fingerprint density at radius 3 is 2.35 bits per heavy atom. The highest BCUT2D eigenvalue weighted by Gasteiger charge is 2.19. The first-order valence-electron chi connectivity index (χ1n) is 8.25. The van der Waals surface area contributed by atoms with Crippen LogP contribution in [-0.4, -0.2) is 48.3 Å². The van der Waals surface area contributed by atoms with Crippen LogP contribution in [0.2, 0.25) is 0 Å². The summed E-state index contributed by atoms with van der Waals surface area (Å²) in [5.41, 5.74) is 1.37. The molecule has 0 bridgehead atoms. The molecule has 0 aliphatic carbocycles. The summed E-state index contributed by atoms with van der Waals surface area (Å²) < 4.78 is 0. The second kappa shape index (κ2) is 7.86. The molecule has 0 unspecified atom stereocenters. The Morgan fingerprint density at radius 2 is 1.70 bits per heavy atom. The lowest BCUT2D eigenvalue weighted by molar-refractivity contribution is -0.119. The third kappa shape index (κ3) is 4.99. The van der Waals surface area contributed by atoms with Crippen LogP contribution in [-0.2, 0) is 17.8 Å². The summed E-state index contributed by atoms with van der Waals surface area (Å²) in [6.45, 7) is 7.75. The molecule has 2 heterocycles. The van der Waals surface area contributed by atoms with Crippen LogP contribution < -0.4 is 0 Å². The number of ketones is 1. The fraction of sp³-hybridized carbons (Fsp3) is 0.421. The largest absolute Gasteiger partial charge is 0.298 e. The number of thiophene rings is 1. The summed E-state index contributed by atoms with van der Waals surface area (Å²) in [6.07, 6.45) is 0.586. The van der Waals surface area contributed by atoms with E-state index in [9.17, 15) is 4.79 Å². The number of hydrogen-bond acceptors (Lipinski definition) is 4. The molecule has 122 valence electrons. The molecule has 0 amide bonds. The zero-order valence-corrected chi connectivity index (χ0v) is 14.5. The molecule has 1 saturated heterocycles. The van der Waals surface area contributed by atoms with Gasteiger partial charge in [0.25, 0.3) is 0 Å². The van der Waals surface area contributed by atoms with Gasteiger partial charge in [-0.2, -0.15) is 0 Å². The van der Waals surface area contributed by atoms with Crippen LogP contribution >= 0.6 is 11.3 Å². The maximum Gasteiger partial charge on any atom is 0.152 e. The van der Waals surface area contributed by atoms with Gasteiger partial charge in [0.15, 0.2) is 5.78 Å². The standard InChI is InChI=1S/C19H24N2OS/c1-16-7-8-19(23-16)13-18(22)15-21-11-9-20(10-12-21)14-17-5-3-2-4-6-17/h2-8H,9-15H2,1H3. The topological polar surface area (TPSA) is 23.6 Å². The zero-order chi connectivity index (χ0) is 16.1. The number of benzene rings is 1. The first-order valence-corrected chi connectivity index (χ1v) is 9.06. The molecule has 1 aliphatic rings. The summed E-state index contributed by atoms with van der Waals surface area (Å²) in [4.78, 5) is 19.5. The fourth-order valence-electron chi connectivity index (χ4n) is 3.03. The van der Waals surface area contributed by atoms with Crippen LogP contribution in [0.15, 0.2) is 42.5 Å². The van der Waals surface area contributed by atoms with Gasteiger partial charge in [-0.1, -0.05) is 30.3 Å². The maximum atomic E-state index is 12.2. The van der Waals surface area contributed by atoms with Crippen molar-refractivity contribution in [1.29, 1.82) is 0 Å². The quantitative estimate of drug-likeness (QED) is 0.814. The van der Waals surface area contributed by atoms with E-state index in [0.29, 0.717) is 18.7 Å². The summed E-state index contributed by atoms with van der Waals surface area (Å²) in [6, 6.07) is 14.8. The van der Waals surface area contributed by atoms with Crippen molar-refractivity contribution >= 4 is 17.1 Å². The first-order chi connectivity index (χ1) is 11.2. The van der Waals surface area contributed by atoms with Crippen molar-refractivity contribution in [2.24, 2.45) is 0 Å². The maximum absolute atomic E-state index is 12.2. The lowest BCUT2D eigenvalue weighted by atomic mass is 10.2. The minimum absolute atomic E-state index is 0.336. The van der Waals surface area contributed by atoms with Gasteiger partial charge >= 0.3 is 0 Å². The van der Waals surface area contributed by atoms with E-state index in [0.717, 1.165) is 32.7 Å².